The molecule has 0 heterocycles. The van der Waals surface area contributed by atoms with E-state index in [0.717, 1.165) is 21.7 Å². The average Bonchev–Trinajstić information content (AvgIpc) is 2.91. The van der Waals surface area contributed by atoms with Gasteiger partial charge in [0.05, 0.1) is 22.0 Å². The Morgan fingerprint density at radius 3 is 2.05 bits per heavy atom. The fourth-order valence-corrected chi connectivity index (χ4v) is 5.36. The molecule has 0 unspecified atom stereocenters. The van der Waals surface area contributed by atoms with Crippen LogP contribution in [0, 0.1) is 0 Å². The molecule has 0 aromatic heterocycles. The Morgan fingerprint density at radius 2 is 1.49 bits per heavy atom. The number of carbonyl (C=O) groups is 2. The summed E-state index contributed by atoms with van der Waals surface area (Å²) in [5.74, 6) is -0.871. The van der Waals surface area contributed by atoms with Crippen molar-refractivity contribution < 1.29 is 18.0 Å². The summed E-state index contributed by atoms with van der Waals surface area (Å²) in [7, 11) is -3.94. The zero-order valence-electron chi connectivity index (χ0n) is 22.2. The maximum absolute atomic E-state index is 14.0. The molecule has 3 rings (SSSR count). The van der Waals surface area contributed by atoms with Crippen LogP contribution >= 0.6 is 23.2 Å². The van der Waals surface area contributed by atoms with E-state index in [-0.39, 0.29) is 40.6 Å². The fraction of sp³-hybridized carbons (Fsp3) is 0.310. The molecule has 0 fully saturated rings. The number of rotatable bonds is 12. The molecular weight excluding hydrogens is 557 g/mol. The van der Waals surface area contributed by atoms with E-state index >= 15 is 0 Å². The third-order valence-corrected chi connectivity index (χ3v) is 8.28. The van der Waals surface area contributed by atoms with Crippen molar-refractivity contribution in [2.24, 2.45) is 0 Å². The zero-order chi connectivity index (χ0) is 28.6. The summed E-state index contributed by atoms with van der Waals surface area (Å²) in [6, 6.07) is 22.2. The minimum Gasteiger partial charge on any atom is -0.352 e. The fourth-order valence-electron chi connectivity index (χ4n) is 4.05. The molecule has 10 heteroatoms. The molecule has 0 spiro atoms. The number of sulfonamides is 1. The van der Waals surface area contributed by atoms with Crippen LogP contribution < -0.4 is 9.62 Å². The molecule has 208 valence electrons. The van der Waals surface area contributed by atoms with Gasteiger partial charge in [-0.05, 0) is 36.6 Å². The summed E-state index contributed by atoms with van der Waals surface area (Å²) in [6.45, 7) is 3.40. The Balaban J connectivity index is 2.06. The number of hydrogen-bond acceptors (Lipinski definition) is 4. The molecule has 0 saturated heterocycles. The summed E-state index contributed by atoms with van der Waals surface area (Å²) in [5, 5.41) is 3.17. The van der Waals surface area contributed by atoms with Gasteiger partial charge in [0.2, 0.25) is 21.8 Å². The lowest BCUT2D eigenvalue weighted by Gasteiger charge is -2.34. The van der Waals surface area contributed by atoms with Gasteiger partial charge >= 0.3 is 0 Å². The minimum absolute atomic E-state index is 0.0161. The first-order valence-electron chi connectivity index (χ1n) is 12.6. The van der Waals surface area contributed by atoms with Crippen LogP contribution in [0.1, 0.15) is 31.4 Å². The monoisotopic (exact) mass is 589 g/mol. The van der Waals surface area contributed by atoms with E-state index in [0.29, 0.717) is 6.42 Å². The summed E-state index contributed by atoms with van der Waals surface area (Å²) in [4.78, 5) is 29.1. The van der Waals surface area contributed by atoms with Crippen LogP contribution in [0.3, 0.4) is 0 Å². The van der Waals surface area contributed by atoms with Gasteiger partial charge in [0, 0.05) is 19.0 Å². The maximum Gasteiger partial charge on any atom is 0.244 e. The molecule has 0 saturated carbocycles. The van der Waals surface area contributed by atoms with Gasteiger partial charge in [-0.15, -0.1) is 0 Å². The van der Waals surface area contributed by atoms with Crippen molar-refractivity contribution in [3.8, 4) is 0 Å². The Bertz CT molecular complexity index is 1370. The van der Waals surface area contributed by atoms with Crippen LogP contribution in [0.5, 0.6) is 0 Å². The minimum atomic E-state index is -3.94. The van der Waals surface area contributed by atoms with Crippen LogP contribution in [-0.2, 0) is 32.6 Å². The Morgan fingerprint density at radius 1 is 0.897 bits per heavy atom. The second-order valence-corrected chi connectivity index (χ2v) is 12.1. The SMILES string of the molecule is CC[C@@H](C)NC(=O)[C@H](Cc1ccccc1)N(Cc1ccccc1)C(=O)CN(c1cccc(Cl)c1Cl)S(C)(=O)=O. The van der Waals surface area contributed by atoms with Gasteiger partial charge in [-0.2, -0.15) is 0 Å². The Labute approximate surface area is 240 Å². The lowest BCUT2D eigenvalue weighted by Crippen LogP contribution is -2.54. The van der Waals surface area contributed by atoms with E-state index in [4.69, 9.17) is 23.2 Å². The molecule has 0 aliphatic heterocycles. The van der Waals surface area contributed by atoms with Crippen molar-refractivity contribution >= 4 is 50.7 Å². The smallest absolute Gasteiger partial charge is 0.244 e. The second kappa shape index (κ2) is 13.8. The molecule has 3 aromatic carbocycles. The van der Waals surface area contributed by atoms with E-state index in [1.807, 2.05) is 74.5 Å². The first-order chi connectivity index (χ1) is 18.5. The third-order valence-electron chi connectivity index (χ3n) is 6.35. The van der Waals surface area contributed by atoms with Crippen LogP contribution in [0.15, 0.2) is 78.9 Å². The molecule has 7 nitrogen and oxygen atoms in total. The van der Waals surface area contributed by atoms with Crippen molar-refractivity contribution in [3.63, 3.8) is 0 Å². The topological polar surface area (TPSA) is 86.8 Å². The lowest BCUT2D eigenvalue weighted by molar-refractivity contribution is -0.140. The van der Waals surface area contributed by atoms with Crippen LogP contribution in [-0.4, -0.2) is 50.0 Å². The highest BCUT2D eigenvalue weighted by atomic mass is 35.5. The van der Waals surface area contributed by atoms with Gasteiger partial charge in [0.1, 0.15) is 12.6 Å². The number of carbonyl (C=O) groups excluding carboxylic acids is 2. The normalized spacial score (nSPS) is 12.8. The first-order valence-corrected chi connectivity index (χ1v) is 15.2. The number of nitrogens with one attached hydrogen (secondary N) is 1. The molecular formula is C29H33Cl2N3O4S. The molecule has 2 amide bonds. The summed E-state index contributed by atoms with van der Waals surface area (Å²) >= 11 is 12.5. The number of halogens is 2. The molecule has 0 aliphatic carbocycles. The average molecular weight is 591 g/mol. The van der Waals surface area contributed by atoms with Gasteiger partial charge in [-0.25, -0.2) is 8.42 Å². The number of benzene rings is 3. The summed E-state index contributed by atoms with van der Waals surface area (Å²) in [6.07, 6.45) is 1.96. The molecule has 39 heavy (non-hydrogen) atoms. The number of hydrogen-bond donors (Lipinski definition) is 1. The summed E-state index contributed by atoms with van der Waals surface area (Å²) < 4.78 is 26.7. The molecule has 0 aliphatic rings. The standard InChI is InChI=1S/C29H33Cl2N3O4S/c1-4-21(2)32-29(36)26(18-22-12-7-5-8-13-22)33(19-23-14-9-6-10-15-23)27(35)20-34(39(3,37)38)25-17-11-16-24(30)28(25)31/h5-17,21,26H,4,18-20H2,1-3H3,(H,32,36)/t21-,26+/m1/s1. The first kappa shape index (κ1) is 30.5. The number of amides is 2. The quantitative estimate of drug-likeness (QED) is 0.310. The van der Waals surface area contributed by atoms with Crippen LogP contribution in [0.4, 0.5) is 5.69 Å². The third kappa shape index (κ3) is 8.46. The van der Waals surface area contributed by atoms with E-state index in [1.54, 1.807) is 6.07 Å². The van der Waals surface area contributed by atoms with Gasteiger partial charge in [-0.3, -0.25) is 13.9 Å². The van der Waals surface area contributed by atoms with E-state index in [1.165, 1.54) is 17.0 Å². The summed E-state index contributed by atoms with van der Waals surface area (Å²) in [5.41, 5.74) is 1.75. The number of anilines is 1. The van der Waals surface area contributed by atoms with Crippen molar-refractivity contribution in [2.75, 3.05) is 17.1 Å². The van der Waals surface area contributed by atoms with Gasteiger partial charge in [-0.1, -0.05) is 96.9 Å². The Kier molecular flexibility index (Phi) is 10.8. The van der Waals surface area contributed by atoms with Gasteiger partial charge < -0.3 is 10.2 Å². The van der Waals surface area contributed by atoms with Crippen LogP contribution in [0.2, 0.25) is 10.0 Å². The van der Waals surface area contributed by atoms with Crippen molar-refractivity contribution in [1.82, 2.24) is 10.2 Å². The molecule has 0 radical (unpaired) electrons. The highest BCUT2D eigenvalue weighted by Crippen LogP contribution is 2.33. The highest BCUT2D eigenvalue weighted by Gasteiger charge is 2.34. The number of nitrogens with zero attached hydrogens (tertiary/aromatic N) is 2. The second-order valence-electron chi connectivity index (χ2n) is 9.37. The molecule has 3 aromatic rings. The van der Waals surface area contributed by atoms with Gasteiger partial charge in [0.15, 0.2) is 0 Å². The van der Waals surface area contributed by atoms with E-state index < -0.39 is 28.5 Å². The molecule has 1 N–H and O–H groups in total. The van der Waals surface area contributed by atoms with E-state index in [9.17, 15) is 18.0 Å². The molecule has 0 bridgehead atoms. The molecule has 2 atom stereocenters. The van der Waals surface area contributed by atoms with Crippen molar-refractivity contribution in [2.45, 2.75) is 45.3 Å². The van der Waals surface area contributed by atoms with Crippen LogP contribution in [0.25, 0.3) is 0 Å². The Hall–Kier alpha value is -3.07. The lowest BCUT2D eigenvalue weighted by atomic mass is 10.0. The zero-order valence-corrected chi connectivity index (χ0v) is 24.5. The van der Waals surface area contributed by atoms with Crippen molar-refractivity contribution in [3.05, 3.63) is 100 Å². The predicted octanol–water partition coefficient (Wildman–Crippen LogP) is 5.31. The highest BCUT2D eigenvalue weighted by molar-refractivity contribution is 7.92. The van der Waals surface area contributed by atoms with Crippen molar-refractivity contribution in [1.29, 1.82) is 0 Å². The maximum atomic E-state index is 14.0. The van der Waals surface area contributed by atoms with Gasteiger partial charge in [0.25, 0.3) is 0 Å². The van der Waals surface area contributed by atoms with E-state index in [2.05, 4.69) is 5.32 Å². The largest absolute Gasteiger partial charge is 0.352 e. The predicted molar refractivity (Wildman–Crippen MR) is 157 cm³/mol.